The number of carbonyl (C=O) groups excluding carboxylic acids is 1. The number of nitro groups is 1. The van der Waals surface area contributed by atoms with Crippen LogP contribution < -0.4 is 10.5 Å². The average Bonchev–Trinajstić information content (AvgIpc) is 3.39. The molecule has 32 heavy (non-hydrogen) atoms. The number of amides is 1. The van der Waals surface area contributed by atoms with E-state index < -0.39 is 20.6 Å². The number of likely N-dealkylation sites (tertiary alicyclic amines) is 1. The van der Waals surface area contributed by atoms with Crippen molar-refractivity contribution in [1.29, 1.82) is 0 Å². The molecule has 1 aliphatic heterocycles. The van der Waals surface area contributed by atoms with Crippen LogP contribution in [0.4, 0.5) is 11.4 Å². The lowest BCUT2D eigenvalue weighted by atomic mass is 10.2. The number of nitrogens with two attached hydrogens (primary N) is 1. The molecular weight excluding hydrogens is 438 g/mol. The second-order valence-corrected chi connectivity index (χ2v) is 8.95. The molecule has 1 atom stereocenters. The summed E-state index contributed by atoms with van der Waals surface area (Å²) in [7, 11) is -4.07. The van der Waals surface area contributed by atoms with Gasteiger partial charge in [0.1, 0.15) is 5.69 Å². The van der Waals surface area contributed by atoms with Crippen molar-refractivity contribution in [2.24, 2.45) is 5.14 Å². The van der Waals surface area contributed by atoms with Crippen LogP contribution in [0.2, 0.25) is 0 Å². The number of benzene rings is 1. The van der Waals surface area contributed by atoms with Gasteiger partial charge in [-0.2, -0.15) is 0 Å². The van der Waals surface area contributed by atoms with Crippen molar-refractivity contribution in [2.45, 2.75) is 30.2 Å². The highest BCUT2D eigenvalue weighted by Crippen LogP contribution is 2.32. The van der Waals surface area contributed by atoms with Gasteiger partial charge in [-0.25, -0.2) is 13.6 Å². The van der Waals surface area contributed by atoms with Crippen molar-refractivity contribution in [3.63, 3.8) is 0 Å². The predicted octanol–water partition coefficient (Wildman–Crippen LogP) is 1.45. The number of aromatic nitrogens is 3. The number of nitrogens with one attached hydrogen (secondary N) is 1. The summed E-state index contributed by atoms with van der Waals surface area (Å²) >= 11 is 0. The van der Waals surface area contributed by atoms with Gasteiger partial charge in [-0.3, -0.25) is 19.3 Å². The van der Waals surface area contributed by atoms with Crippen molar-refractivity contribution >= 4 is 33.0 Å². The number of hydrogen-bond donors (Lipinski definition) is 2. The maximum absolute atomic E-state index is 12.9. The number of hydrogen-bond acceptors (Lipinski definition) is 8. The van der Waals surface area contributed by atoms with E-state index in [1.54, 1.807) is 4.90 Å². The SMILES string of the molecule is NS(=O)(=O)c1ccc(NCCC(=O)N2CCCC2c2nnc3ccccn23)c([N+](=O)[O-])c1. The first kappa shape index (κ1) is 21.6. The number of rotatable bonds is 7. The molecule has 2 aromatic heterocycles. The number of carbonyl (C=O) groups is 1. The van der Waals surface area contributed by atoms with Gasteiger partial charge in [0.2, 0.25) is 15.9 Å². The summed E-state index contributed by atoms with van der Waals surface area (Å²) in [5.41, 5.74) is 0.383. The Kier molecular flexibility index (Phi) is 5.76. The van der Waals surface area contributed by atoms with Gasteiger partial charge in [-0.1, -0.05) is 6.07 Å². The first-order valence-corrected chi connectivity index (χ1v) is 11.4. The predicted molar refractivity (Wildman–Crippen MR) is 114 cm³/mol. The molecule has 13 heteroatoms. The molecule has 12 nitrogen and oxygen atoms in total. The second-order valence-electron chi connectivity index (χ2n) is 7.39. The highest BCUT2D eigenvalue weighted by Gasteiger charge is 2.33. The Morgan fingerprint density at radius 3 is 2.84 bits per heavy atom. The smallest absolute Gasteiger partial charge is 0.293 e. The van der Waals surface area contributed by atoms with Gasteiger partial charge >= 0.3 is 0 Å². The van der Waals surface area contributed by atoms with E-state index in [4.69, 9.17) is 5.14 Å². The third-order valence-electron chi connectivity index (χ3n) is 5.36. The molecule has 168 valence electrons. The van der Waals surface area contributed by atoms with Gasteiger partial charge in [0, 0.05) is 31.8 Å². The molecule has 3 aromatic rings. The van der Waals surface area contributed by atoms with E-state index >= 15 is 0 Å². The van der Waals surface area contributed by atoms with Gasteiger partial charge in [0.05, 0.1) is 15.9 Å². The largest absolute Gasteiger partial charge is 0.379 e. The van der Waals surface area contributed by atoms with Gasteiger partial charge < -0.3 is 10.2 Å². The first-order chi connectivity index (χ1) is 15.3. The molecule has 1 fully saturated rings. The Bertz CT molecular complexity index is 1290. The molecule has 0 saturated carbocycles. The van der Waals surface area contributed by atoms with Crippen LogP contribution in [0, 0.1) is 10.1 Å². The van der Waals surface area contributed by atoms with E-state index in [0.29, 0.717) is 18.0 Å². The number of primary sulfonamides is 1. The molecule has 4 rings (SSSR count). The van der Waals surface area contributed by atoms with Crippen molar-refractivity contribution in [2.75, 3.05) is 18.4 Å². The molecule has 0 bridgehead atoms. The van der Waals surface area contributed by atoms with Crippen LogP contribution >= 0.6 is 0 Å². The number of nitro benzene ring substituents is 1. The summed E-state index contributed by atoms with van der Waals surface area (Å²) in [6.45, 7) is 0.729. The summed E-state index contributed by atoms with van der Waals surface area (Å²) in [5.74, 6) is 0.588. The minimum atomic E-state index is -4.07. The second kappa shape index (κ2) is 8.51. The zero-order valence-electron chi connectivity index (χ0n) is 16.9. The minimum absolute atomic E-state index is 0.0985. The summed E-state index contributed by atoms with van der Waals surface area (Å²) in [6.07, 6.45) is 3.57. The van der Waals surface area contributed by atoms with Crippen molar-refractivity contribution < 1.29 is 18.1 Å². The molecule has 3 N–H and O–H groups in total. The Balaban J connectivity index is 1.44. The molecule has 0 spiro atoms. The van der Waals surface area contributed by atoms with E-state index in [9.17, 15) is 23.3 Å². The molecule has 1 aromatic carbocycles. The van der Waals surface area contributed by atoms with E-state index in [1.807, 2.05) is 28.8 Å². The molecule has 0 radical (unpaired) electrons. The van der Waals surface area contributed by atoms with Crippen molar-refractivity contribution in [3.8, 4) is 0 Å². The first-order valence-electron chi connectivity index (χ1n) is 9.90. The van der Waals surface area contributed by atoms with Gasteiger partial charge in [0.15, 0.2) is 11.5 Å². The lowest BCUT2D eigenvalue weighted by Gasteiger charge is -2.23. The van der Waals surface area contributed by atoms with Crippen LogP contribution in [0.1, 0.15) is 31.1 Å². The summed E-state index contributed by atoms with van der Waals surface area (Å²) in [6, 6.07) is 8.73. The molecular formula is C19H21N7O5S. The summed E-state index contributed by atoms with van der Waals surface area (Å²) in [5, 5.41) is 27.6. The number of sulfonamides is 1. The lowest BCUT2D eigenvalue weighted by Crippen LogP contribution is -2.32. The molecule has 3 heterocycles. The number of anilines is 1. The van der Waals surface area contributed by atoms with Crippen molar-refractivity contribution in [3.05, 3.63) is 58.5 Å². The van der Waals surface area contributed by atoms with Gasteiger partial charge in [0.25, 0.3) is 5.69 Å². The summed E-state index contributed by atoms with van der Waals surface area (Å²) < 4.78 is 24.8. The maximum Gasteiger partial charge on any atom is 0.293 e. The van der Waals surface area contributed by atoms with Crippen LogP contribution in [0.15, 0.2) is 47.5 Å². The fraction of sp³-hybridized carbons (Fsp3) is 0.316. The van der Waals surface area contributed by atoms with Crippen molar-refractivity contribution in [1.82, 2.24) is 19.5 Å². The third kappa shape index (κ3) is 4.24. The Morgan fingerprint density at radius 2 is 2.09 bits per heavy atom. The molecule has 1 saturated heterocycles. The highest BCUT2D eigenvalue weighted by atomic mass is 32.2. The number of fused-ring (bicyclic) bond motifs is 1. The van der Waals surface area contributed by atoms with E-state index in [-0.39, 0.29) is 35.5 Å². The van der Waals surface area contributed by atoms with Crippen LogP contribution in [0.5, 0.6) is 0 Å². The Labute approximate surface area is 183 Å². The Morgan fingerprint density at radius 1 is 1.28 bits per heavy atom. The number of nitrogens with zero attached hydrogens (tertiary/aromatic N) is 5. The van der Waals surface area contributed by atoms with E-state index in [0.717, 1.165) is 18.9 Å². The van der Waals surface area contributed by atoms with Crippen LogP contribution in [-0.4, -0.2) is 51.8 Å². The fourth-order valence-electron chi connectivity index (χ4n) is 3.86. The Hall–Kier alpha value is -3.58. The highest BCUT2D eigenvalue weighted by molar-refractivity contribution is 7.89. The molecule has 1 aliphatic rings. The van der Waals surface area contributed by atoms with E-state index in [2.05, 4.69) is 15.5 Å². The number of pyridine rings is 1. The van der Waals surface area contributed by atoms with Crippen LogP contribution in [0.3, 0.4) is 0 Å². The quantitative estimate of drug-likeness (QED) is 0.395. The maximum atomic E-state index is 12.9. The normalized spacial score (nSPS) is 16.4. The average molecular weight is 459 g/mol. The molecule has 1 unspecified atom stereocenters. The third-order valence-corrected chi connectivity index (χ3v) is 6.27. The van der Waals surface area contributed by atoms with Gasteiger partial charge in [-0.15, -0.1) is 10.2 Å². The van der Waals surface area contributed by atoms with E-state index in [1.165, 1.54) is 12.1 Å². The fourth-order valence-corrected chi connectivity index (χ4v) is 4.39. The minimum Gasteiger partial charge on any atom is -0.379 e. The monoisotopic (exact) mass is 459 g/mol. The topological polar surface area (TPSA) is 166 Å². The standard InChI is InChI=1S/C19H21N7O5S/c20-32(30,31)13-6-7-14(16(12-13)26(28)29)21-9-8-18(27)24-11-3-4-15(24)19-23-22-17-5-1-2-10-25(17)19/h1-2,5-7,10,12,15,21H,3-4,8-9,11H2,(H2,20,30,31). The van der Waals surface area contributed by atoms with Crippen LogP contribution in [-0.2, 0) is 14.8 Å². The van der Waals surface area contributed by atoms with Crippen LogP contribution in [0.25, 0.3) is 5.65 Å². The molecule has 1 amide bonds. The molecule has 0 aliphatic carbocycles. The zero-order chi connectivity index (χ0) is 22.9. The van der Waals surface area contributed by atoms with Gasteiger partial charge in [-0.05, 0) is 37.1 Å². The zero-order valence-corrected chi connectivity index (χ0v) is 17.7. The lowest BCUT2D eigenvalue weighted by molar-refractivity contribution is -0.384. The summed E-state index contributed by atoms with van der Waals surface area (Å²) in [4.78, 5) is 24.9.